The smallest absolute Gasteiger partial charge is 0.348 e. The maximum atomic E-state index is 12.8. The van der Waals surface area contributed by atoms with E-state index in [9.17, 15) is 14.4 Å². The number of ether oxygens (including phenoxy) is 1. The second-order valence-corrected chi connectivity index (χ2v) is 6.94. The van der Waals surface area contributed by atoms with E-state index in [0.29, 0.717) is 31.2 Å². The van der Waals surface area contributed by atoms with Crippen LogP contribution in [0.5, 0.6) is 0 Å². The van der Waals surface area contributed by atoms with Crippen molar-refractivity contribution in [3.63, 3.8) is 0 Å². The number of rotatable bonds is 5. The topological polar surface area (TPSA) is 78.3 Å². The number of Topliss-reactive ketones (excluding diaryl/α,β-unsaturated/α-hetero) is 1. The first kappa shape index (κ1) is 18.3. The predicted octanol–water partition coefficient (Wildman–Crippen LogP) is 3.48. The normalized spacial score (nSPS) is 10.9. The van der Waals surface area contributed by atoms with Gasteiger partial charge in [-0.1, -0.05) is 23.7 Å². The minimum Gasteiger partial charge on any atom is -0.462 e. The van der Waals surface area contributed by atoms with Crippen molar-refractivity contribution < 1.29 is 14.3 Å². The molecule has 0 bridgehead atoms. The number of fused-ring (bicyclic) bond motifs is 1. The van der Waals surface area contributed by atoms with Gasteiger partial charge in [0.05, 0.1) is 29.9 Å². The van der Waals surface area contributed by atoms with E-state index in [1.165, 1.54) is 10.9 Å². The zero-order chi connectivity index (χ0) is 18.8. The van der Waals surface area contributed by atoms with E-state index in [4.69, 9.17) is 16.3 Å². The Morgan fingerprint density at radius 2 is 2.04 bits per heavy atom. The molecule has 3 rings (SSSR count). The molecule has 1 aromatic carbocycles. The number of hydrogen-bond acceptors (Lipinski definition) is 6. The van der Waals surface area contributed by atoms with Gasteiger partial charge in [0.2, 0.25) is 0 Å². The molecule has 6 nitrogen and oxygen atoms in total. The Morgan fingerprint density at radius 3 is 2.73 bits per heavy atom. The third-order valence-electron chi connectivity index (χ3n) is 3.87. The molecule has 0 spiro atoms. The lowest BCUT2D eigenvalue weighted by molar-refractivity contribution is 0.0531. The van der Waals surface area contributed by atoms with Crippen LogP contribution in [0.4, 0.5) is 0 Å². The summed E-state index contributed by atoms with van der Waals surface area (Å²) in [6.07, 6.45) is 1.31. The first-order valence-corrected chi connectivity index (χ1v) is 9.06. The molecular formula is C18H15ClN2O4S. The summed E-state index contributed by atoms with van der Waals surface area (Å²) in [6.45, 7) is 3.45. The molecule has 8 heteroatoms. The first-order valence-electron chi connectivity index (χ1n) is 7.87. The third kappa shape index (κ3) is 3.27. The second kappa shape index (κ2) is 7.39. The van der Waals surface area contributed by atoms with Crippen molar-refractivity contribution >= 4 is 44.9 Å². The van der Waals surface area contributed by atoms with Crippen molar-refractivity contribution in [3.8, 4) is 0 Å². The summed E-state index contributed by atoms with van der Waals surface area (Å²) in [5.74, 6) is -0.775. The lowest BCUT2D eigenvalue weighted by Crippen LogP contribution is -2.24. The highest BCUT2D eigenvalue weighted by molar-refractivity contribution is 7.20. The molecule has 0 fully saturated rings. The number of halogens is 1. The lowest BCUT2D eigenvalue weighted by Gasteiger charge is -2.06. The molecule has 0 aliphatic heterocycles. The molecule has 0 aliphatic carbocycles. The molecule has 0 aliphatic rings. The van der Waals surface area contributed by atoms with Crippen LogP contribution in [-0.4, -0.2) is 27.9 Å². The van der Waals surface area contributed by atoms with Crippen LogP contribution >= 0.6 is 22.9 Å². The quantitative estimate of drug-likeness (QED) is 0.492. The molecule has 0 radical (unpaired) electrons. The molecular weight excluding hydrogens is 376 g/mol. The number of hydrogen-bond donors (Lipinski definition) is 0. The van der Waals surface area contributed by atoms with Crippen molar-refractivity contribution in [3.05, 3.63) is 62.0 Å². The summed E-state index contributed by atoms with van der Waals surface area (Å²) in [5.41, 5.74) is 0.482. The van der Waals surface area contributed by atoms with Crippen molar-refractivity contribution in [2.45, 2.75) is 20.4 Å². The maximum absolute atomic E-state index is 12.8. The van der Waals surface area contributed by atoms with Gasteiger partial charge in [-0.2, -0.15) is 0 Å². The minimum absolute atomic E-state index is 0.185. The molecule has 0 unspecified atom stereocenters. The summed E-state index contributed by atoms with van der Waals surface area (Å²) < 4.78 is 6.23. The third-order valence-corrected chi connectivity index (χ3v) is 5.38. The van der Waals surface area contributed by atoms with E-state index >= 15 is 0 Å². The molecule has 0 N–H and O–H groups in total. The number of nitrogens with zero attached hydrogens (tertiary/aromatic N) is 2. The van der Waals surface area contributed by atoms with Crippen LogP contribution in [0.2, 0.25) is 5.02 Å². The van der Waals surface area contributed by atoms with Crippen LogP contribution < -0.4 is 5.56 Å². The average Bonchev–Trinajstić information content (AvgIpc) is 2.95. The van der Waals surface area contributed by atoms with Crippen LogP contribution in [-0.2, 0) is 11.3 Å². The van der Waals surface area contributed by atoms with Crippen LogP contribution in [0.3, 0.4) is 0 Å². The number of carbonyl (C=O) groups is 2. The Hall–Kier alpha value is -2.51. The zero-order valence-corrected chi connectivity index (χ0v) is 15.7. The summed E-state index contributed by atoms with van der Waals surface area (Å²) in [5, 5.41) is 0.656. The van der Waals surface area contributed by atoms with E-state index in [0.717, 1.165) is 11.3 Å². The summed E-state index contributed by atoms with van der Waals surface area (Å²) in [6, 6.07) is 6.66. The number of aryl methyl sites for hydroxylation is 1. The summed E-state index contributed by atoms with van der Waals surface area (Å²) >= 11 is 7.15. The van der Waals surface area contributed by atoms with E-state index in [1.54, 1.807) is 38.1 Å². The zero-order valence-electron chi connectivity index (χ0n) is 14.1. The molecule has 2 heterocycles. The van der Waals surface area contributed by atoms with Gasteiger partial charge in [-0.25, -0.2) is 9.78 Å². The van der Waals surface area contributed by atoms with Gasteiger partial charge < -0.3 is 4.74 Å². The van der Waals surface area contributed by atoms with Gasteiger partial charge in [-0.3, -0.25) is 14.2 Å². The van der Waals surface area contributed by atoms with Crippen molar-refractivity contribution in [2.24, 2.45) is 0 Å². The van der Waals surface area contributed by atoms with Crippen LogP contribution in [0.1, 0.15) is 32.5 Å². The van der Waals surface area contributed by atoms with Crippen molar-refractivity contribution in [2.75, 3.05) is 6.61 Å². The maximum Gasteiger partial charge on any atom is 0.348 e. The predicted molar refractivity (Wildman–Crippen MR) is 100 cm³/mol. The van der Waals surface area contributed by atoms with E-state index < -0.39 is 5.97 Å². The summed E-state index contributed by atoms with van der Waals surface area (Å²) in [4.78, 5) is 42.3. The van der Waals surface area contributed by atoms with E-state index in [-0.39, 0.29) is 24.5 Å². The average molecular weight is 391 g/mol. The van der Waals surface area contributed by atoms with E-state index in [1.807, 2.05) is 0 Å². The van der Waals surface area contributed by atoms with Gasteiger partial charge in [-0.15, -0.1) is 11.3 Å². The molecule has 3 aromatic rings. The molecule has 0 saturated carbocycles. The highest BCUT2D eigenvalue weighted by atomic mass is 35.5. The largest absolute Gasteiger partial charge is 0.462 e. The van der Waals surface area contributed by atoms with Gasteiger partial charge >= 0.3 is 5.97 Å². The van der Waals surface area contributed by atoms with Gasteiger partial charge in [0.15, 0.2) is 5.78 Å². The highest BCUT2D eigenvalue weighted by Crippen LogP contribution is 2.27. The lowest BCUT2D eigenvalue weighted by atomic mass is 10.1. The van der Waals surface area contributed by atoms with Gasteiger partial charge in [-0.05, 0) is 31.5 Å². The van der Waals surface area contributed by atoms with Gasteiger partial charge in [0.25, 0.3) is 5.56 Å². The van der Waals surface area contributed by atoms with Crippen LogP contribution in [0, 0.1) is 6.92 Å². The van der Waals surface area contributed by atoms with E-state index in [2.05, 4.69) is 4.98 Å². The first-order chi connectivity index (χ1) is 12.4. The van der Waals surface area contributed by atoms with Crippen molar-refractivity contribution in [1.82, 2.24) is 9.55 Å². The van der Waals surface area contributed by atoms with Crippen LogP contribution in [0.15, 0.2) is 35.4 Å². The Bertz CT molecular complexity index is 1070. The molecule has 2 aromatic heterocycles. The standard InChI is InChI=1S/C18H15ClN2O4S/c1-3-25-18(24)15-10(2)14-16(26-15)20-9-21(17(14)23)8-13(22)11-6-4-5-7-12(11)19/h4-7,9H,3,8H2,1-2H3. The minimum atomic E-state index is -0.480. The van der Waals surface area contributed by atoms with Gasteiger partial charge in [0.1, 0.15) is 9.71 Å². The number of ketones is 1. The number of aromatic nitrogens is 2. The molecule has 0 saturated heterocycles. The highest BCUT2D eigenvalue weighted by Gasteiger charge is 2.21. The molecule has 0 amide bonds. The number of thiophene rings is 1. The molecule has 0 atom stereocenters. The Labute approximate surface area is 158 Å². The fourth-order valence-electron chi connectivity index (χ4n) is 2.59. The van der Waals surface area contributed by atoms with Crippen molar-refractivity contribution in [1.29, 1.82) is 0 Å². The second-order valence-electron chi connectivity index (χ2n) is 5.54. The fourth-order valence-corrected chi connectivity index (χ4v) is 3.86. The van der Waals surface area contributed by atoms with Crippen LogP contribution in [0.25, 0.3) is 10.2 Å². The monoisotopic (exact) mass is 390 g/mol. The number of esters is 1. The van der Waals surface area contributed by atoms with Gasteiger partial charge in [0, 0.05) is 5.56 Å². The Morgan fingerprint density at radius 1 is 1.31 bits per heavy atom. The fraction of sp³-hybridized carbons (Fsp3) is 0.222. The number of carbonyl (C=O) groups excluding carboxylic acids is 2. The SMILES string of the molecule is CCOC(=O)c1sc2ncn(CC(=O)c3ccccc3Cl)c(=O)c2c1C. The summed E-state index contributed by atoms with van der Waals surface area (Å²) in [7, 11) is 0. The molecule has 134 valence electrons. The molecule has 26 heavy (non-hydrogen) atoms. The Kier molecular flexibility index (Phi) is 5.20. The Balaban J connectivity index is 2.01. The number of benzene rings is 1.